The minimum Gasteiger partial charge on any atom is -0.478 e. The Morgan fingerprint density at radius 1 is 1.50 bits per heavy atom. The molecule has 7 heteroatoms. The molecule has 0 aromatic carbocycles. The van der Waals surface area contributed by atoms with Gasteiger partial charge in [-0.1, -0.05) is 32.4 Å². The second-order valence-corrected chi connectivity index (χ2v) is 6.03. The molecule has 0 spiro atoms. The number of carboxylic acids is 1. The Hall–Kier alpha value is -1.40. The average molecular weight is 286 g/mol. The zero-order chi connectivity index (χ0) is 13.5. The lowest BCUT2D eigenvalue weighted by Crippen LogP contribution is -2.16. The molecule has 2 aromatic rings. The summed E-state index contributed by atoms with van der Waals surface area (Å²) in [7, 11) is 0. The fraction of sp³-hybridized carbons (Fsp3) is 0.364. The van der Waals surface area contributed by atoms with Gasteiger partial charge in [-0.15, -0.1) is 11.3 Å². The Balaban J connectivity index is 2.69. The zero-order valence-electron chi connectivity index (χ0n) is 10.1. The molecule has 0 radical (unpaired) electrons. The van der Waals surface area contributed by atoms with E-state index >= 15 is 0 Å². The highest BCUT2D eigenvalue weighted by Gasteiger charge is 2.30. The van der Waals surface area contributed by atoms with Crippen molar-refractivity contribution in [1.29, 1.82) is 0 Å². The molecule has 0 saturated carbocycles. The molecule has 1 N–H and O–H groups in total. The lowest BCUT2D eigenvalue weighted by atomic mass is 9.89. The topological polar surface area (TPSA) is 68.0 Å². The summed E-state index contributed by atoms with van der Waals surface area (Å²) in [6, 6.07) is 0. The van der Waals surface area contributed by atoms with Gasteiger partial charge in [0.2, 0.25) is 5.13 Å². The number of thiazole rings is 1. The van der Waals surface area contributed by atoms with Crippen molar-refractivity contribution in [2.45, 2.75) is 26.2 Å². The highest BCUT2D eigenvalue weighted by molar-refractivity contribution is 7.12. The van der Waals surface area contributed by atoms with E-state index in [9.17, 15) is 9.90 Å². The van der Waals surface area contributed by atoms with E-state index < -0.39 is 11.4 Å². The van der Waals surface area contributed by atoms with Crippen molar-refractivity contribution in [2.24, 2.45) is 0 Å². The molecule has 2 heterocycles. The SMILES string of the molecule is CC(C)(C)c1nn(-c2nccs2)c(Cl)c1C(=O)O. The molecule has 2 rings (SSSR count). The molecule has 0 saturated heterocycles. The van der Waals surface area contributed by atoms with Crippen LogP contribution in [0.25, 0.3) is 5.13 Å². The van der Waals surface area contributed by atoms with Gasteiger partial charge in [-0.2, -0.15) is 9.78 Å². The van der Waals surface area contributed by atoms with E-state index in [0.29, 0.717) is 10.8 Å². The number of carboxylic acid groups (broad SMARTS) is 1. The molecule has 0 aliphatic heterocycles. The number of halogens is 1. The van der Waals surface area contributed by atoms with Crippen LogP contribution in [0.4, 0.5) is 0 Å². The van der Waals surface area contributed by atoms with E-state index in [2.05, 4.69) is 10.1 Å². The predicted molar refractivity (Wildman–Crippen MR) is 69.9 cm³/mol. The van der Waals surface area contributed by atoms with Gasteiger partial charge in [0.1, 0.15) is 10.7 Å². The number of hydrogen-bond donors (Lipinski definition) is 1. The van der Waals surface area contributed by atoms with E-state index in [-0.39, 0.29) is 10.7 Å². The molecular formula is C11H12ClN3O2S. The molecule has 0 aliphatic rings. The normalized spacial score (nSPS) is 11.8. The first kappa shape index (κ1) is 13.0. The Morgan fingerprint density at radius 3 is 2.56 bits per heavy atom. The van der Waals surface area contributed by atoms with Crippen LogP contribution in [0.1, 0.15) is 36.8 Å². The van der Waals surface area contributed by atoms with Gasteiger partial charge >= 0.3 is 5.97 Å². The first-order valence-corrected chi connectivity index (χ1v) is 6.50. The molecular weight excluding hydrogens is 274 g/mol. The minimum absolute atomic E-state index is 0.0411. The maximum Gasteiger partial charge on any atom is 0.340 e. The largest absolute Gasteiger partial charge is 0.478 e. The maximum absolute atomic E-state index is 11.3. The monoisotopic (exact) mass is 285 g/mol. The number of nitrogens with zero attached hydrogens (tertiary/aromatic N) is 3. The summed E-state index contributed by atoms with van der Waals surface area (Å²) in [4.78, 5) is 15.4. The Kier molecular flexibility index (Phi) is 3.16. The molecule has 18 heavy (non-hydrogen) atoms. The van der Waals surface area contributed by atoms with Crippen LogP contribution >= 0.6 is 22.9 Å². The van der Waals surface area contributed by atoms with Crippen LogP contribution in [-0.4, -0.2) is 25.8 Å². The van der Waals surface area contributed by atoms with E-state index in [1.165, 1.54) is 16.0 Å². The van der Waals surface area contributed by atoms with Crippen LogP contribution in [0.3, 0.4) is 0 Å². The van der Waals surface area contributed by atoms with Gasteiger partial charge in [0, 0.05) is 17.0 Å². The lowest BCUT2D eigenvalue weighted by molar-refractivity contribution is 0.0694. The summed E-state index contributed by atoms with van der Waals surface area (Å²) in [5, 5.41) is 16.0. The molecule has 0 aliphatic carbocycles. The molecule has 0 unspecified atom stereocenters. The van der Waals surface area contributed by atoms with Gasteiger partial charge in [0.05, 0.1) is 5.69 Å². The quantitative estimate of drug-likeness (QED) is 0.921. The summed E-state index contributed by atoms with van der Waals surface area (Å²) in [6.45, 7) is 5.68. The first-order valence-electron chi connectivity index (χ1n) is 5.24. The molecule has 0 fully saturated rings. The smallest absolute Gasteiger partial charge is 0.340 e. The summed E-state index contributed by atoms with van der Waals surface area (Å²) < 4.78 is 1.37. The third-order valence-corrected chi connectivity index (χ3v) is 3.45. The van der Waals surface area contributed by atoms with Crippen LogP contribution in [0.5, 0.6) is 0 Å². The molecule has 5 nitrogen and oxygen atoms in total. The molecule has 2 aromatic heterocycles. The van der Waals surface area contributed by atoms with Crippen molar-refractivity contribution in [3.05, 3.63) is 28.0 Å². The van der Waals surface area contributed by atoms with E-state index in [0.717, 1.165) is 0 Å². The number of aromatic nitrogens is 3. The Labute approximate surface area is 113 Å². The second-order valence-electron chi connectivity index (χ2n) is 4.80. The molecule has 0 amide bonds. The summed E-state index contributed by atoms with van der Waals surface area (Å²) >= 11 is 7.45. The van der Waals surface area contributed by atoms with Crippen molar-refractivity contribution in [2.75, 3.05) is 0 Å². The molecule has 0 atom stereocenters. The van der Waals surface area contributed by atoms with Crippen LogP contribution in [0.15, 0.2) is 11.6 Å². The van der Waals surface area contributed by atoms with Gasteiger partial charge in [-0.3, -0.25) is 0 Å². The standard InChI is InChI=1S/C11H12ClN3O2S/c1-11(2,3)7-6(9(16)17)8(12)15(14-7)10-13-4-5-18-10/h4-5H,1-3H3,(H,16,17). The van der Waals surface area contributed by atoms with Crippen LogP contribution in [-0.2, 0) is 5.41 Å². The fourth-order valence-electron chi connectivity index (χ4n) is 1.56. The highest BCUT2D eigenvalue weighted by atomic mass is 35.5. The Bertz CT molecular complexity index is 584. The van der Waals surface area contributed by atoms with Crippen molar-refractivity contribution in [1.82, 2.24) is 14.8 Å². The van der Waals surface area contributed by atoms with Gasteiger partial charge in [0.25, 0.3) is 0 Å². The number of rotatable bonds is 2. The van der Waals surface area contributed by atoms with Gasteiger partial charge in [0.15, 0.2) is 0 Å². The Morgan fingerprint density at radius 2 is 2.17 bits per heavy atom. The highest BCUT2D eigenvalue weighted by Crippen LogP contribution is 2.31. The predicted octanol–water partition coefficient (Wildman–Crippen LogP) is 2.98. The van der Waals surface area contributed by atoms with Gasteiger partial charge in [-0.05, 0) is 0 Å². The lowest BCUT2D eigenvalue weighted by Gasteiger charge is -2.15. The fourth-order valence-corrected chi connectivity index (χ4v) is 2.49. The van der Waals surface area contributed by atoms with E-state index in [1.807, 2.05) is 20.8 Å². The third-order valence-electron chi connectivity index (χ3n) is 2.35. The van der Waals surface area contributed by atoms with Crippen molar-refractivity contribution in [3.63, 3.8) is 0 Å². The second kappa shape index (κ2) is 4.37. The van der Waals surface area contributed by atoms with E-state index in [4.69, 9.17) is 11.6 Å². The van der Waals surface area contributed by atoms with Gasteiger partial charge in [-0.25, -0.2) is 9.78 Å². The average Bonchev–Trinajstić information content (AvgIpc) is 2.81. The molecule has 96 valence electrons. The minimum atomic E-state index is -1.08. The number of aromatic carboxylic acids is 1. The van der Waals surface area contributed by atoms with Crippen LogP contribution in [0, 0.1) is 0 Å². The zero-order valence-corrected chi connectivity index (χ0v) is 11.7. The number of hydrogen-bond acceptors (Lipinski definition) is 4. The summed E-state index contributed by atoms with van der Waals surface area (Å²) in [5.41, 5.74) is 0.0921. The summed E-state index contributed by atoms with van der Waals surface area (Å²) in [5.74, 6) is -1.08. The first-order chi connectivity index (χ1) is 8.32. The van der Waals surface area contributed by atoms with Crippen molar-refractivity contribution >= 4 is 28.9 Å². The summed E-state index contributed by atoms with van der Waals surface area (Å²) in [6.07, 6.45) is 1.62. The van der Waals surface area contributed by atoms with Crippen molar-refractivity contribution in [3.8, 4) is 5.13 Å². The number of carbonyl (C=O) groups is 1. The van der Waals surface area contributed by atoms with Gasteiger partial charge < -0.3 is 5.11 Å². The van der Waals surface area contributed by atoms with Crippen molar-refractivity contribution < 1.29 is 9.90 Å². The third kappa shape index (κ3) is 2.13. The maximum atomic E-state index is 11.3. The van der Waals surface area contributed by atoms with Crippen LogP contribution in [0.2, 0.25) is 5.15 Å². The van der Waals surface area contributed by atoms with Crippen LogP contribution < -0.4 is 0 Å². The van der Waals surface area contributed by atoms with E-state index in [1.54, 1.807) is 11.6 Å². The molecule has 0 bridgehead atoms.